The van der Waals surface area contributed by atoms with Crippen LogP contribution in [-0.2, 0) is 11.8 Å². The highest BCUT2D eigenvalue weighted by Crippen LogP contribution is 2.23. The lowest BCUT2D eigenvalue weighted by molar-refractivity contribution is 0.590. The SMILES string of the molecule is CC(CCc1ccccc1)Nc1ccc(C(C)(C)C)cc1. The second-order valence-corrected chi connectivity index (χ2v) is 6.90. The smallest absolute Gasteiger partial charge is 0.0342 e. The Kier molecular flexibility index (Phi) is 5.06. The second kappa shape index (κ2) is 6.80. The maximum Gasteiger partial charge on any atom is 0.0342 e. The number of rotatable bonds is 5. The minimum atomic E-state index is 0.220. The Bertz CT molecular complexity index is 534. The van der Waals surface area contributed by atoms with Crippen molar-refractivity contribution >= 4 is 5.69 Å². The van der Waals surface area contributed by atoms with Crippen LogP contribution in [0.5, 0.6) is 0 Å². The van der Waals surface area contributed by atoms with Gasteiger partial charge in [0.25, 0.3) is 0 Å². The van der Waals surface area contributed by atoms with Gasteiger partial charge in [0.05, 0.1) is 0 Å². The largest absolute Gasteiger partial charge is 0.383 e. The first-order valence-electron chi connectivity index (χ1n) is 7.86. The van der Waals surface area contributed by atoms with Crippen LogP contribution in [0.25, 0.3) is 0 Å². The summed E-state index contributed by atoms with van der Waals surface area (Å²) in [6, 6.07) is 20.0. The molecule has 1 unspecified atom stereocenters. The van der Waals surface area contributed by atoms with Crippen molar-refractivity contribution in [3.63, 3.8) is 0 Å². The second-order valence-electron chi connectivity index (χ2n) is 6.90. The minimum absolute atomic E-state index is 0.220. The van der Waals surface area contributed by atoms with Gasteiger partial charge in [-0.1, -0.05) is 63.2 Å². The molecule has 112 valence electrons. The van der Waals surface area contributed by atoms with E-state index in [1.807, 2.05) is 0 Å². The molecule has 2 aromatic carbocycles. The van der Waals surface area contributed by atoms with Gasteiger partial charge in [-0.3, -0.25) is 0 Å². The van der Waals surface area contributed by atoms with E-state index in [0.717, 1.165) is 12.8 Å². The molecule has 0 spiro atoms. The quantitative estimate of drug-likeness (QED) is 0.772. The van der Waals surface area contributed by atoms with Crippen LogP contribution >= 0.6 is 0 Å². The van der Waals surface area contributed by atoms with Crippen molar-refractivity contribution in [2.75, 3.05) is 5.32 Å². The van der Waals surface area contributed by atoms with Crippen molar-refractivity contribution in [2.45, 2.75) is 52.0 Å². The summed E-state index contributed by atoms with van der Waals surface area (Å²) >= 11 is 0. The predicted octanol–water partition coefficient (Wildman–Crippen LogP) is 5.42. The van der Waals surface area contributed by atoms with Crippen molar-refractivity contribution in [3.8, 4) is 0 Å². The predicted molar refractivity (Wildman–Crippen MR) is 93.0 cm³/mol. The summed E-state index contributed by atoms with van der Waals surface area (Å²) in [5.41, 5.74) is 4.22. The number of nitrogens with one attached hydrogen (secondary N) is 1. The minimum Gasteiger partial charge on any atom is -0.383 e. The molecule has 1 atom stereocenters. The molecule has 2 rings (SSSR count). The number of aryl methyl sites for hydroxylation is 1. The lowest BCUT2D eigenvalue weighted by Gasteiger charge is -2.20. The van der Waals surface area contributed by atoms with E-state index in [2.05, 4.69) is 87.6 Å². The lowest BCUT2D eigenvalue weighted by atomic mass is 9.87. The highest BCUT2D eigenvalue weighted by atomic mass is 14.9. The number of anilines is 1. The van der Waals surface area contributed by atoms with Crippen LogP contribution in [0.1, 0.15) is 45.2 Å². The van der Waals surface area contributed by atoms with Crippen molar-refractivity contribution in [2.24, 2.45) is 0 Å². The number of benzene rings is 2. The zero-order valence-electron chi connectivity index (χ0n) is 13.7. The molecule has 0 bridgehead atoms. The fourth-order valence-corrected chi connectivity index (χ4v) is 2.45. The molecule has 0 aromatic heterocycles. The van der Waals surface area contributed by atoms with Crippen LogP contribution < -0.4 is 5.32 Å². The van der Waals surface area contributed by atoms with Crippen LogP contribution in [0.2, 0.25) is 0 Å². The van der Waals surface area contributed by atoms with Gasteiger partial charge in [0.1, 0.15) is 0 Å². The van der Waals surface area contributed by atoms with Crippen LogP contribution in [0.4, 0.5) is 5.69 Å². The normalized spacial score (nSPS) is 13.0. The standard InChI is InChI=1S/C20H27N/c1-16(10-11-17-8-6-5-7-9-17)21-19-14-12-18(13-15-19)20(2,3)4/h5-9,12-16,21H,10-11H2,1-4H3. The van der Waals surface area contributed by atoms with Gasteiger partial charge in [-0.05, 0) is 48.4 Å². The van der Waals surface area contributed by atoms with E-state index in [0.29, 0.717) is 6.04 Å². The Morgan fingerprint density at radius 2 is 1.52 bits per heavy atom. The average Bonchev–Trinajstić information content (AvgIpc) is 2.46. The molecule has 0 fully saturated rings. The summed E-state index contributed by atoms with van der Waals surface area (Å²) in [5, 5.41) is 3.59. The maximum atomic E-state index is 3.59. The van der Waals surface area contributed by atoms with Crippen molar-refractivity contribution in [3.05, 3.63) is 65.7 Å². The van der Waals surface area contributed by atoms with Crippen LogP contribution in [0, 0.1) is 0 Å². The van der Waals surface area contributed by atoms with Gasteiger partial charge < -0.3 is 5.32 Å². The van der Waals surface area contributed by atoms with E-state index in [1.165, 1.54) is 16.8 Å². The highest BCUT2D eigenvalue weighted by Gasteiger charge is 2.13. The third-order valence-corrected chi connectivity index (χ3v) is 3.87. The topological polar surface area (TPSA) is 12.0 Å². The monoisotopic (exact) mass is 281 g/mol. The fraction of sp³-hybridized carbons (Fsp3) is 0.400. The summed E-state index contributed by atoms with van der Waals surface area (Å²) in [4.78, 5) is 0. The molecule has 0 aliphatic rings. The zero-order chi connectivity index (χ0) is 15.3. The Balaban J connectivity index is 1.86. The van der Waals surface area contributed by atoms with E-state index in [9.17, 15) is 0 Å². The average molecular weight is 281 g/mol. The molecule has 0 saturated carbocycles. The van der Waals surface area contributed by atoms with E-state index in [-0.39, 0.29) is 5.41 Å². The van der Waals surface area contributed by atoms with Crippen molar-refractivity contribution < 1.29 is 0 Å². The Morgan fingerprint density at radius 3 is 2.10 bits per heavy atom. The molecule has 21 heavy (non-hydrogen) atoms. The Labute approximate surface area is 129 Å². The van der Waals surface area contributed by atoms with Crippen molar-refractivity contribution in [1.82, 2.24) is 0 Å². The summed E-state index contributed by atoms with van der Waals surface area (Å²) in [6.07, 6.45) is 2.26. The van der Waals surface area contributed by atoms with Crippen LogP contribution in [0.3, 0.4) is 0 Å². The van der Waals surface area contributed by atoms with Crippen LogP contribution in [-0.4, -0.2) is 6.04 Å². The van der Waals surface area contributed by atoms with E-state index < -0.39 is 0 Å². The Morgan fingerprint density at radius 1 is 0.905 bits per heavy atom. The van der Waals surface area contributed by atoms with Crippen LogP contribution in [0.15, 0.2) is 54.6 Å². The first-order valence-corrected chi connectivity index (χ1v) is 7.86. The molecule has 0 aliphatic heterocycles. The van der Waals surface area contributed by atoms with E-state index in [4.69, 9.17) is 0 Å². The van der Waals surface area contributed by atoms with Gasteiger partial charge in [0.2, 0.25) is 0 Å². The zero-order valence-corrected chi connectivity index (χ0v) is 13.7. The molecule has 1 heteroatoms. The van der Waals surface area contributed by atoms with Gasteiger partial charge in [-0.2, -0.15) is 0 Å². The molecule has 0 aliphatic carbocycles. The molecule has 2 aromatic rings. The van der Waals surface area contributed by atoms with E-state index in [1.54, 1.807) is 0 Å². The third-order valence-electron chi connectivity index (χ3n) is 3.87. The first-order chi connectivity index (χ1) is 9.95. The summed E-state index contributed by atoms with van der Waals surface area (Å²) in [5.74, 6) is 0. The highest BCUT2D eigenvalue weighted by molar-refractivity contribution is 5.46. The van der Waals surface area contributed by atoms with Crippen molar-refractivity contribution in [1.29, 1.82) is 0 Å². The molecular formula is C20H27N. The molecule has 0 radical (unpaired) electrons. The van der Waals surface area contributed by atoms with Gasteiger partial charge in [0.15, 0.2) is 0 Å². The van der Waals surface area contributed by atoms with Gasteiger partial charge in [-0.15, -0.1) is 0 Å². The van der Waals surface area contributed by atoms with Gasteiger partial charge in [-0.25, -0.2) is 0 Å². The first kappa shape index (κ1) is 15.6. The fourth-order valence-electron chi connectivity index (χ4n) is 2.45. The molecular weight excluding hydrogens is 254 g/mol. The lowest BCUT2D eigenvalue weighted by Crippen LogP contribution is -2.16. The maximum absolute atomic E-state index is 3.59. The molecule has 0 heterocycles. The number of hydrogen-bond donors (Lipinski definition) is 1. The molecule has 1 nitrogen and oxygen atoms in total. The molecule has 0 amide bonds. The Hall–Kier alpha value is -1.76. The molecule has 1 N–H and O–H groups in total. The van der Waals surface area contributed by atoms with Gasteiger partial charge >= 0.3 is 0 Å². The number of hydrogen-bond acceptors (Lipinski definition) is 1. The summed E-state index contributed by atoms with van der Waals surface area (Å²) in [7, 11) is 0. The molecule has 0 saturated heterocycles. The summed E-state index contributed by atoms with van der Waals surface area (Å²) in [6.45, 7) is 8.99. The van der Waals surface area contributed by atoms with Gasteiger partial charge in [0, 0.05) is 11.7 Å². The summed E-state index contributed by atoms with van der Waals surface area (Å²) < 4.78 is 0. The van der Waals surface area contributed by atoms with E-state index >= 15 is 0 Å². The third kappa shape index (κ3) is 4.93.